The number of methoxy groups -OCH3 is 1. The van der Waals surface area contributed by atoms with Crippen LogP contribution in [0.15, 0.2) is 16.6 Å². The van der Waals surface area contributed by atoms with Crippen molar-refractivity contribution in [3.63, 3.8) is 0 Å². The molecule has 0 saturated carbocycles. The Kier molecular flexibility index (Phi) is 4.33. The van der Waals surface area contributed by atoms with Crippen molar-refractivity contribution < 1.29 is 14.6 Å². The Morgan fingerprint density at radius 1 is 1.42 bits per heavy atom. The van der Waals surface area contributed by atoms with Crippen LogP contribution >= 0.6 is 15.9 Å². The van der Waals surface area contributed by atoms with Crippen molar-refractivity contribution in [3.05, 3.63) is 28.0 Å². The highest BCUT2D eigenvalue weighted by atomic mass is 79.9. The number of ether oxygens (including phenoxy) is 2. The second-order valence-corrected chi connectivity index (χ2v) is 4.61. The lowest BCUT2D eigenvalue weighted by molar-refractivity contribution is 0.268. The van der Waals surface area contributed by atoms with Gasteiger partial charge in [-0.2, -0.15) is 4.80 Å². The predicted molar refractivity (Wildman–Crippen MR) is 69.7 cm³/mol. The zero-order valence-electron chi connectivity index (χ0n) is 10.5. The highest BCUT2D eigenvalue weighted by molar-refractivity contribution is 9.10. The van der Waals surface area contributed by atoms with Gasteiger partial charge < -0.3 is 14.6 Å². The van der Waals surface area contributed by atoms with Gasteiger partial charge in [0.2, 0.25) is 5.82 Å². The monoisotopic (exact) mass is 328 g/mol. The molecule has 0 bridgehead atoms. The quantitative estimate of drug-likeness (QED) is 0.883. The molecule has 19 heavy (non-hydrogen) atoms. The Labute approximate surface area is 118 Å². The van der Waals surface area contributed by atoms with Crippen molar-refractivity contribution in [1.29, 1.82) is 0 Å². The van der Waals surface area contributed by atoms with E-state index in [1.165, 1.54) is 11.9 Å². The second kappa shape index (κ2) is 5.98. The zero-order valence-corrected chi connectivity index (χ0v) is 12.1. The molecule has 0 fully saturated rings. The van der Waals surface area contributed by atoms with Crippen LogP contribution in [0.1, 0.15) is 11.4 Å². The summed E-state index contributed by atoms with van der Waals surface area (Å²) in [5.41, 5.74) is 0.730. The topological polar surface area (TPSA) is 82.3 Å². The minimum atomic E-state index is -0.0685. The molecule has 1 aromatic carbocycles. The first kappa shape index (κ1) is 13.8. The van der Waals surface area contributed by atoms with E-state index in [9.17, 15) is 0 Å². The maximum atomic E-state index is 9.14. The predicted octanol–water partition coefficient (Wildman–Crippen LogP) is 1.05. The van der Waals surface area contributed by atoms with E-state index < -0.39 is 0 Å². The van der Waals surface area contributed by atoms with Gasteiger partial charge in [-0.3, -0.25) is 0 Å². The third-order valence-electron chi connectivity index (χ3n) is 2.37. The van der Waals surface area contributed by atoms with Crippen molar-refractivity contribution in [3.8, 4) is 11.5 Å². The highest BCUT2D eigenvalue weighted by Gasteiger charge is 2.13. The summed E-state index contributed by atoms with van der Waals surface area (Å²) < 4.78 is 11.6. The van der Waals surface area contributed by atoms with Crippen molar-refractivity contribution in [1.82, 2.24) is 20.2 Å². The summed E-state index contributed by atoms with van der Waals surface area (Å²) in [7, 11) is 3.22. The fraction of sp³-hybridized carbons (Fsp3) is 0.364. The van der Waals surface area contributed by atoms with E-state index in [4.69, 9.17) is 14.6 Å². The molecule has 0 radical (unpaired) electrons. The highest BCUT2D eigenvalue weighted by Crippen LogP contribution is 2.37. The first-order chi connectivity index (χ1) is 9.13. The van der Waals surface area contributed by atoms with Crippen LogP contribution in [0.2, 0.25) is 0 Å². The summed E-state index contributed by atoms with van der Waals surface area (Å²) in [5, 5.41) is 20.7. The molecule has 2 aromatic rings. The van der Waals surface area contributed by atoms with E-state index in [-0.39, 0.29) is 13.2 Å². The summed E-state index contributed by atoms with van der Waals surface area (Å²) in [6, 6.07) is 3.48. The van der Waals surface area contributed by atoms with E-state index in [0.717, 1.165) is 5.56 Å². The molecular formula is C11H13BrN4O3. The Balaban J connectivity index is 2.19. The van der Waals surface area contributed by atoms with Crippen LogP contribution in [0.3, 0.4) is 0 Å². The van der Waals surface area contributed by atoms with E-state index in [2.05, 4.69) is 31.3 Å². The number of benzene rings is 1. The molecule has 0 aliphatic carbocycles. The Morgan fingerprint density at radius 3 is 2.79 bits per heavy atom. The standard InChI is InChI=1S/C11H13BrN4O3/c1-16-14-10(13-15-16)6-19-11-8(12)3-7(5-17)4-9(11)18-2/h3-4,17H,5-6H2,1-2H3. The second-order valence-electron chi connectivity index (χ2n) is 3.75. The SMILES string of the molecule is COc1cc(CO)cc(Br)c1OCc1nnn(C)n1. The fourth-order valence-electron chi connectivity index (χ4n) is 1.52. The average molecular weight is 329 g/mol. The molecule has 8 heteroatoms. The fourth-order valence-corrected chi connectivity index (χ4v) is 2.13. The third kappa shape index (κ3) is 3.21. The van der Waals surface area contributed by atoms with Crippen molar-refractivity contribution in [2.24, 2.45) is 7.05 Å². The van der Waals surface area contributed by atoms with Crippen LogP contribution in [-0.2, 0) is 20.3 Å². The molecule has 0 atom stereocenters. The van der Waals surface area contributed by atoms with Gasteiger partial charge in [0.05, 0.1) is 25.2 Å². The summed E-state index contributed by atoms with van der Waals surface area (Å²) in [4.78, 5) is 1.36. The lowest BCUT2D eigenvalue weighted by atomic mass is 10.2. The summed E-state index contributed by atoms with van der Waals surface area (Å²) >= 11 is 3.38. The maximum absolute atomic E-state index is 9.14. The number of aliphatic hydroxyl groups excluding tert-OH is 1. The number of halogens is 1. The number of aromatic nitrogens is 4. The largest absolute Gasteiger partial charge is 0.493 e. The molecule has 1 N–H and O–H groups in total. The third-order valence-corrected chi connectivity index (χ3v) is 2.96. The number of aryl methyl sites for hydroxylation is 1. The molecule has 0 unspecified atom stereocenters. The zero-order chi connectivity index (χ0) is 13.8. The van der Waals surface area contributed by atoms with Gasteiger partial charge in [0.1, 0.15) is 0 Å². The van der Waals surface area contributed by atoms with E-state index in [1.54, 1.807) is 19.2 Å². The molecule has 0 aliphatic heterocycles. The molecule has 7 nitrogen and oxygen atoms in total. The van der Waals surface area contributed by atoms with Gasteiger partial charge in [0.25, 0.3) is 0 Å². The Hall–Kier alpha value is -1.67. The van der Waals surface area contributed by atoms with Crippen LogP contribution in [0, 0.1) is 0 Å². The lowest BCUT2D eigenvalue weighted by Crippen LogP contribution is -2.02. The first-order valence-corrected chi connectivity index (χ1v) is 6.26. The number of rotatable bonds is 5. The molecule has 0 aliphatic rings. The smallest absolute Gasteiger partial charge is 0.212 e. The summed E-state index contributed by atoms with van der Waals surface area (Å²) in [5.74, 6) is 1.54. The van der Waals surface area contributed by atoms with Crippen LogP contribution in [0.5, 0.6) is 11.5 Å². The van der Waals surface area contributed by atoms with E-state index in [0.29, 0.717) is 21.8 Å². The normalized spacial score (nSPS) is 10.5. The number of tetrazole rings is 1. The van der Waals surface area contributed by atoms with Gasteiger partial charge >= 0.3 is 0 Å². The maximum Gasteiger partial charge on any atom is 0.212 e. The van der Waals surface area contributed by atoms with Crippen molar-refractivity contribution in [2.45, 2.75) is 13.2 Å². The van der Waals surface area contributed by atoms with Gasteiger partial charge in [0.15, 0.2) is 18.1 Å². The van der Waals surface area contributed by atoms with Gasteiger partial charge in [0, 0.05) is 0 Å². The first-order valence-electron chi connectivity index (χ1n) is 5.47. The number of hydrogen-bond acceptors (Lipinski definition) is 6. The van der Waals surface area contributed by atoms with Gasteiger partial charge in [-0.15, -0.1) is 10.2 Å². The molecule has 0 spiro atoms. The lowest BCUT2D eigenvalue weighted by Gasteiger charge is -2.12. The minimum absolute atomic E-state index is 0.0685. The van der Waals surface area contributed by atoms with Gasteiger partial charge in [-0.1, -0.05) is 0 Å². The minimum Gasteiger partial charge on any atom is -0.493 e. The molecule has 2 rings (SSSR count). The van der Waals surface area contributed by atoms with E-state index >= 15 is 0 Å². The number of aliphatic hydroxyl groups is 1. The molecular weight excluding hydrogens is 316 g/mol. The molecule has 0 amide bonds. The average Bonchev–Trinajstić information content (AvgIpc) is 2.82. The van der Waals surface area contributed by atoms with E-state index in [1.807, 2.05) is 0 Å². The summed E-state index contributed by atoms with van der Waals surface area (Å²) in [6.45, 7) is 0.113. The van der Waals surface area contributed by atoms with Crippen LogP contribution in [0.4, 0.5) is 0 Å². The molecule has 1 heterocycles. The molecule has 102 valence electrons. The van der Waals surface area contributed by atoms with Crippen LogP contribution < -0.4 is 9.47 Å². The van der Waals surface area contributed by atoms with Gasteiger partial charge in [-0.05, 0) is 38.8 Å². The molecule has 1 aromatic heterocycles. The summed E-state index contributed by atoms with van der Waals surface area (Å²) in [6.07, 6.45) is 0. The Bertz CT molecular complexity index is 573. The number of nitrogens with zero attached hydrogens (tertiary/aromatic N) is 4. The van der Waals surface area contributed by atoms with Gasteiger partial charge in [-0.25, -0.2) is 0 Å². The molecule has 0 saturated heterocycles. The van der Waals surface area contributed by atoms with Crippen molar-refractivity contribution >= 4 is 15.9 Å². The van der Waals surface area contributed by atoms with Crippen molar-refractivity contribution in [2.75, 3.05) is 7.11 Å². The van der Waals surface area contributed by atoms with Crippen LogP contribution in [0.25, 0.3) is 0 Å². The number of hydrogen-bond donors (Lipinski definition) is 1. The van der Waals surface area contributed by atoms with Crippen LogP contribution in [-0.4, -0.2) is 32.4 Å². The Morgan fingerprint density at radius 2 is 2.21 bits per heavy atom.